The molecule has 1 N–H and O–H groups in total. The van der Waals surface area contributed by atoms with E-state index in [2.05, 4.69) is 16.9 Å². The third-order valence-corrected chi connectivity index (χ3v) is 3.39. The molecule has 0 saturated heterocycles. The van der Waals surface area contributed by atoms with Crippen molar-refractivity contribution in [3.8, 4) is 17.1 Å². The number of phenols is 1. The summed E-state index contributed by atoms with van der Waals surface area (Å²) in [6.07, 6.45) is 3.88. The van der Waals surface area contributed by atoms with Crippen molar-refractivity contribution in [2.24, 2.45) is 0 Å². The SMILES string of the molecule is CCCCC(=O)c1cnc(-c2ccccc2O)nc1N(C)C. The molecule has 0 spiro atoms. The van der Waals surface area contributed by atoms with Gasteiger partial charge in [0.25, 0.3) is 0 Å². The summed E-state index contributed by atoms with van der Waals surface area (Å²) in [7, 11) is 3.68. The van der Waals surface area contributed by atoms with Gasteiger partial charge in [-0.2, -0.15) is 0 Å². The average molecular weight is 299 g/mol. The number of para-hydroxylation sites is 1. The van der Waals surface area contributed by atoms with Gasteiger partial charge in [-0.15, -0.1) is 0 Å². The maximum atomic E-state index is 12.3. The van der Waals surface area contributed by atoms with E-state index < -0.39 is 0 Å². The molecule has 22 heavy (non-hydrogen) atoms. The van der Waals surface area contributed by atoms with Crippen LogP contribution in [0.3, 0.4) is 0 Å². The van der Waals surface area contributed by atoms with Crippen LogP contribution in [0.5, 0.6) is 5.75 Å². The van der Waals surface area contributed by atoms with Crippen LogP contribution in [0, 0.1) is 0 Å². The first-order valence-corrected chi connectivity index (χ1v) is 7.40. The fourth-order valence-corrected chi connectivity index (χ4v) is 2.17. The van der Waals surface area contributed by atoms with Crippen molar-refractivity contribution in [1.29, 1.82) is 0 Å². The molecule has 1 aromatic carbocycles. The van der Waals surface area contributed by atoms with Crippen molar-refractivity contribution >= 4 is 11.6 Å². The predicted molar refractivity (Wildman–Crippen MR) is 87.3 cm³/mol. The van der Waals surface area contributed by atoms with Crippen LogP contribution in [-0.2, 0) is 0 Å². The lowest BCUT2D eigenvalue weighted by molar-refractivity contribution is 0.0979. The van der Waals surface area contributed by atoms with Crippen LogP contribution in [0.2, 0.25) is 0 Å². The Labute approximate surface area is 130 Å². The first kappa shape index (κ1) is 15.9. The molecule has 1 aromatic heterocycles. The number of anilines is 1. The number of rotatable bonds is 6. The standard InChI is InChI=1S/C17H21N3O2/c1-4-5-9-15(22)13-11-18-16(19-17(13)20(2)3)12-8-6-7-10-14(12)21/h6-8,10-11,21H,4-5,9H2,1-3H3. The highest BCUT2D eigenvalue weighted by Gasteiger charge is 2.17. The van der Waals surface area contributed by atoms with Crippen molar-refractivity contribution in [1.82, 2.24) is 9.97 Å². The zero-order valence-electron chi connectivity index (χ0n) is 13.2. The number of hydrogen-bond acceptors (Lipinski definition) is 5. The number of unbranched alkanes of at least 4 members (excludes halogenated alkanes) is 1. The topological polar surface area (TPSA) is 66.3 Å². The zero-order valence-corrected chi connectivity index (χ0v) is 13.2. The lowest BCUT2D eigenvalue weighted by Gasteiger charge is -2.16. The number of carbonyl (C=O) groups is 1. The van der Waals surface area contributed by atoms with Gasteiger partial charge in [0.1, 0.15) is 11.6 Å². The molecule has 0 aliphatic rings. The Bertz CT molecular complexity index is 669. The first-order chi connectivity index (χ1) is 10.5. The minimum atomic E-state index is 0.0504. The Hall–Kier alpha value is -2.43. The monoisotopic (exact) mass is 299 g/mol. The van der Waals surface area contributed by atoms with E-state index in [1.54, 1.807) is 29.3 Å². The Kier molecular flexibility index (Phi) is 5.09. The van der Waals surface area contributed by atoms with Gasteiger partial charge in [0.15, 0.2) is 11.6 Å². The average Bonchev–Trinajstić information content (AvgIpc) is 2.52. The summed E-state index contributed by atoms with van der Waals surface area (Å²) in [5, 5.41) is 9.93. The fourth-order valence-electron chi connectivity index (χ4n) is 2.17. The molecule has 5 nitrogen and oxygen atoms in total. The fraction of sp³-hybridized carbons (Fsp3) is 0.353. The third kappa shape index (κ3) is 3.42. The molecule has 0 aliphatic carbocycles. The number of hydrogen-bond donors (Lipinski definition) is 1. The maximum Gasteiger partial charge on any atom is 0.168 e. The van der Waals surface area contributed by atoms with E-state index >= 15 is 0 Å². The lowest BCUT2D eigenvalue weighted by atomic mass is 10.1. The summed E-state index contributed by atoms with van der Waals surface area (Å²) in [5.74, 6) is 1.16. The Morgan fingerprint density at radius 2 is 2.00 bits per heavy atom. The molecular weight excluding hydrogens is 278 g/mol. The minimum absolute atomic E-state index is 0.0504. The van der Waals surface area contributed by atoms with Crippen molar-refractivity contribution in [3.05, 3.63) is 36.0 Å². The number of nitrogens with zero attached hydrogens (tertiary/aromatic N) is 3. The number of Topliss-reactive ketones (excluding diaryl/α,β-unsaturated/α-hetero) is 1. The molecular formula is C17H21N3O2. The largest absolute Gasteiger partial charge is 0.507 e. The first-order valence-electron chi connectivity index (χ1n) is 7.40. The summed E-state index contributed by atoms with van der Waals surface area (Å²) < 4.78 is 0. The van der Waals surface area contributed by atoms with Crippen LogP contribution in [-0.4, -0.2) is 35.0 Å². The summed E-state index contributed by atoms with van der Waals surface area (Å²) in [4.78, 5) is 22.8. The minimum Gasteiger partial charge on any atom is -0.507 e. The van der Waals surface area contributed by atoms with E-state index in [1.165, 1.54) is 0 Å². The number of aromatic hydroxyl groups is 1. The molecule has 0 unspecified atom stereocenters. The molecule has 2 rings (SSSR count). The van der Waals surface area contributed by atoms with E-state index in [0.29, 0.717) is 29.2 Å². The highest BCUT2D eigenvalue weighted by molar-refractivity contribution is 6.00. The summed E-state index contributed by atoms with van der Waals surface area (Å²) in [5.41, 5.74) is 1.08. The highest BCUT2D eigenvalue weighted by atomic mass is 16.3. The number of aromatic nitrogens is 2. The number of phenolic OH excluding ortho intramolecular Hbond substituents is 1. The maximum absolute atomic E-state index is 12.3. The summed E-state index contributed by atoms with van der Waals surface area (Å²) >= 11 is 0. The smallest absolute Gasteiger partial charge is 0.168 e. The molecule has 0 aliphatic heterocycles. The lowest BCUT2D eigenvalue weighted by Crippen LogP contribution is -2.17. The van der Waals surface area contributed by atoms with Crippen molar-refractivity contribution < 1.29 is 9.90 Å². The van der Waals surface area contributed by atoms with Gasteiger partial charge in [-0.25, -0.2) is 9.97 Å². The Balaban J connectivity index is 2.44. The molecule has 116 valence electrons. The molecule has 0 bridgehead atoms. The second-order valence-corrected chi connectivity index (χ2v) is 5.37. The van der Waals surface area contributed by atoms with Gasteiger partial charge in [0.05, 0.1) is 11.1 Å². The third-order valence-electron chi connectivity index (χ3n) is 3.39. The molecule has 2 aromatic rings. The van der Waals surface area contributed by atoms with E-state index in [9.17, 15) is 9.90 Å². The molecule has 5 heteroatoms. The zero-order chi connectivity index (χ0) is 16.1. The van der Waals surface area contributed by atoms with E-state index in [4.69, 9.17) is 0 Å². The number of ketones is 1. The van der Waals surface area contributed by atoms with E-state index in [-0.39, 0.29) is 11.5 Å². The molecule has 0 atom stereocenters. The second kappa shape index (κ2) is 7.02. The van der Waals surface area contributed by atoms with E-state index in [1.807, 2.05) is 20.2 Å². The number of benzene rings is 1. The summed E-state index contributed by atoms with van der Waals surface area (Å²) in [6.45, 7) is 2.05. The van der Waals surface area contributed by atoms with Gasteiger partial charge in [0, 0.05) is 26.7 Å². The molecule has 1 heterocycles. The Morgan fingerprint density at radius 3 is 2.64 bits per heavy atom. The summed E-state index contributed by atoms with van der Waals surface area (Å²) in [6, 6.07) is 6.90. The van der Waals surface area contributed by atoms with Crippen LogP contribution in [0.4, 0.5) is 5.82 Å². The van der Waals surface area contributed by atoms with Crippen molar-refractivity contribution in [2.75, 3.05) is 19.0 Å². The molecule has 0 amide bonds. The van der Waals surface area contributed by atoms with Gasteiger partial charge in [0.2, 0.25) is 0 Å². The quantitative estimate of drug-likeness (QED) is 0.829. The van der Waals surface area contributed by atoms with Gasteiger partial charge in [-0.05, 0) is 18.6 Å². The van der Waals surface area contributed by atoms with Crippen molar-refractivity contribution in [3.63, 3.8) is 0 Å². The molecule has 0 fully saturated rings. The van der Waals surface area contributed by atoms with Gasteiger partial charge in [-0.3, -0.25) is 4.79 Å². The number of carbonyl (C=O) groups excluding carboxylic acids is 1. The normalized spacial score (nSPS) is 10.5. The molecule has 0 radical (unpaired) electrons. The second-order valence-electron chi connectivity index (χ2n) is 5.37. The van der Waals surface area contributed by atoms with Gasteiger partial charge >= 0.3 is 0 Å². The van der Waals surface area contributed by atoms with Crippen LogP contribution in [0.25, 0.3) is 11.4 Å². The van der Waals surface area contributed by atoms with Gasteiger partial charge in [-0.1, -0.05) is 25.5 Å². The van der Waals surface area contributed by atoms with Crippen molar-refractivity contribution in [2.45, 2.75) is 26.2 Å². The van der Waals surface area contributed by atoms with Crippen LogP contribution >= 0.6 is 0 Å². The Morgan fingerprint density at radius 1 is 1.27 bits per heavy atom. The van der Waals surface area contributed by atoms with Crippen LogP contribution in [0.1, 0.15) is 36.5 Å². The highest BCUT2D eigenvalue weighted by Crippen LogP contribution is 2.28. The predicted octanol–water partition coefficient (Wildman–Crippen LogP) is 3.29. The molecule has 0 saturated carbocycles. The van der Waals surface area contributed by atoms with E-state index in [0.717, 1.165) is 12.8 Å². The van der Waals surface area contributed by atoms with Crippen LogP contribution in [0.15, 0.2) is 30.5 Å². The van der Waals surface area contributed by atoms with Gasteiger partial charge < -0.3 is 10.0 Å². The van der Waals surface area contributed by atoms with Crippen LogP contribution < -0.4 is 4.90 Å².